The number of piperazine rings is 1. The largest absolute Gasteiger partial charge is 0.384 e. The number of anilines is 1. The van der Waals surface area contributed by atoms with E-state index in [1.165, 1.54) is 0 Å². The van der Waals surface area contributed by atoms with Gasteiger partial charge in [0.25, 0.3) is 0 Å². The molecule has 6 rings (SSSR count). The number of fused-ring (bicyclic) bond motifs is 3. The van der Waals surface area contributed by atoms with Crippen molar-refractivity contribution in [3.8, 4) is 17.9 Å². The van der Waals surface area contributed by atoms with Crippen molar-refractivity contribution in [2.24, 2.45) is 0 Å². The summed E-state index contributed by atoms with van der Waals surface area (Å²) in [6.45, 7) is 9.50. The number of nitriles is 1. The van der Waals surface area contributed by atoms with Gasteiger partial charge in [-0.3, -0.25) is 9.69 Å². The molecule has 0 bridgehead atoms. The number of aliphatic hydroxyl groups excluding tert-OH is 1. The zero-order valence-electron chi connectivity index (χ0n) is 20.7. The van der Waals surface area contributed by atoms with Crippen molar-refractivity contribution >= 4 is 17.0 Å². The molecule has 2 heterocycles. The number of aliphatic hydroxyl groups is 1. The first-order valence-electron chi connectivity index (χ1n) is 12.6. The van der Waals surface area contributed by atoms with Crippen LogP contribution in [-0.2, 0) is 16.6 Å². The van der Waals surface area contributed by atoms with Crippen molar-refractivity contribution in [1.29, 1.82) is 5.26 Å². The van der Waals surface area contributed by atoms with Crippen LogP contribution in [0, 0.1) is 23.2 Å². The third-order valence-corrected chi connectivity index (χ3v) is 8.30. The van der Waals surface area contributed by atoms with E-state index in [0.29, 0.717) is 23.6 Å². The molecule has 0 aromatic heterocycles. The smallest absolute Gasteiger partial charge is 0.193 e. The van der Waals surface area contributed by atoms with Gasteiger partial charge in [0, 0.05) is 48.3 Å². The molecule has 0 saturated carbocycles. The Labute approximate surface area is 211 Å². The minimum Gasteiger partial charge on any atom is -0.384 e. The van der Waals surface area contributed by atoms with Crippen LogP contribution in [0.5, 0.6) is 0 Å². The lowest BCUT2D eigenvalue weighted by Crippen LogP contribution is -2.56. The summed E-state index contributed by atoms with van der Waals surface area (Å²) in [6.07, 6.45) is 0.682. The number of ether oxygens (including phenoxy) is 1. The average Bonchev–Trinajstić information content (AvgIpc) is 3.25. The molecule has 6 heteroatoms. The standard InChI is InChI=1S/C30H29N3O3/c1-30(2)25-15-27(33-9-7-32(8-10-33)22-17-36-18-22)20(4-3-11-34)13-24(25)29(35)28-23-6-5-19(16-31)12-21(23)14-26(28)30/h5-6,12-13,15,22,34H,7-11,14,17-18H2,1-2H3. The maximum atomic E-state index is 13.9. The van der Waals surface area contributed by atoms with Crippen molar-refractivity contribution in [2.75, 3.05) is 50.9 Å². The highest BCUT2D eigenvalue weighted by molar-refractivity contribution is 6.33. The molecule has 0 atom stereocenters. The number of hydrogen-bond acceptors (Lipinski definition) is 6. The molecular formula is C30H29N3O3. The van der Waals surface area contributed by atoms with Crippen LogP contribution in [0.3, 0.4) is 0 Å². The van der Waals surface area contributed by atoms with Crippen LogP contribution in [0.1, 0.15) is 52.0 Å². The summed E-state index contributed by atoms with van der Waals surface area (Å²) in [6, 6.07) is 12.5. The molecule has 1 N–H and O–H groups in total. The third-order valence-electron chi connectivity index (χ3n) is 8.30. The van der Waals surface area contributed by atoms with Gasteiger partial charge in [-0.15, -0.1) is 0 Å². The molecular weight excluding hydrogens is 450 g/mol. The normalized spacial score (nSPS) is 20.6. The Hall–Kier alpha value is -3.42. The summed E-state index contributed by atoms with van der Waals surface area (Å²) in [4.78, 5) is 18.8. The van der Waals surface area contributed by atoms with Crippen LogP contribution in [-0.4, -0.2) is 67.8 Å². The monoisotopic (exact) mass is 479 g/mol. The second kappa shape index (κ2) is 8.61. The van der Waals surface area contributed by atoms with Crippen molar-refractivity contribution in [3.05, 3.63) is 69.3 Å². The zero-order chi connectivity index (χ0) is 25.0. The fourth-order valence-corrected chi connectivity index (χ4v) is 6.14. The van der Waals surface area contributed by atoms with Crippen molar-refractivity contribution in [2.45, 2.75) is 31.7 Å². The van der Waals surface area contributed by atoms with Gasteiger partial charge < -0.3 is 14.7 Å². The second-order valence-corrected chi connectivity index (χ2v) is 10.6. The highest BCUT2D eigenvalue weighted by atomic mass is 16.5. The maximum Gasteiger partial charge on any atom is 0.193 e. The summed E-state index contributed by atoms with van der Waals surface area (Å²) < 4.78 is 5.38. The highest BCUT2D eigenvalue weighted by Gasteiger charge is 2.43. The van der Waals surface area contributed by atoms with Gasteiger partial charge in [-0.05, 0) is 52.9 Å². The Morgan fingerprint density at radius 2 is 1.89 bits per heavy atom. The predicted octanol–water partition coefficient (Wildman–Crippen LogP) is 2.91. The molecule has 4 aliphatic rings. The number of Topliss-reactive ketones (excluding diaryl/α,β-unsaturated/α-hetero) is 1. The van der Waals surface area contributed by atoms with Gasteiger partial charge in [-0.2, -0.15) is 5.26 Å². The Bertz CT molecular complexity index is 1410. The first-order chi connectivity index (χ1) is 17.4. The summed E-state index contributed by atoms with van der Waals surface area (Å²) >= 11 is 0. The molecule has 6 nitrogen and oxygen atoms in total. The van der Waals surface area contributed by atoms with Gasteiger partial charge >= 0.3 is 0 Å². The van der Waals surface area contributed by atoms with Gasteiger partial charge in [0.05, 0.1) is 36.6 Å². The van der Waals surface area contributed by atoms with E-state index in [-0.39, 0.29) is 17.8 Å². The number of carbonyl (C=O) groups is 1. The van der Waals surface area contributed by atoms with E-state index in [1.54, 1.807) is 6.07 Å². The molecule has 2 aliphatic heterocycles. The summed E-state index contributed by atoms with van der Waals surface area (Å²) in [5, 5.41) is 18.8. The molecule has 2 aromatic rings. The van der Waals surface area contributed by atoms with Crippen LogP contribution in [0.2, 0.25) is 0 Å². The molecule has 0 spiro atoms. The SMILES string of the molecule is CC1(C)C2=C(C(=O)c3cc(C#CCO)c(N4CCN(C5COC5)CC4)cc31)c1ccc(C#N)cc1C2. The van der Waals surface area contributed by atoms with Gasteiger partial charge in [-0.1, -0.05) is 31.8 Å². The molecule has 2 aromatic carbocycles. The zero-order valence-corrected chi connectivity index (χ0v) is 20.7. The molecule has 2 saturated heterocycles. The predicted molar refractivity (Wildman–Crippen MR) is 138 cm³/mol. The van der Waals surface area contributed by atoms with E-state index in [1.807, 2.05) is 18.2 Å². The summed E-state index contributed by atoms with van der Waals surface area (Å²) in [7, 11) is 0. The van der Waals surface area contributed by atoms with Crippen LogP contribution < -0.4 is 4.90 Å². The fourth-order valence-electron chi connectivity index (χ4n) is 6.14. The van der Waals surface area contributed by atoms with Gasteiger partial charge in [-0.25, -0.2) is 0 Å². The summed E-state index contributed by atoms with van der Waals surface area (Å²) in [5.41, 5.74) is 7.70. The van der Waals surface area contributed by atoms with E-state index in [2.05, 4.69) is 47.6 Å². The number of hydrogen-bond donors (Lipinski definition) is 1. The average molecular weight is 480 g/mol. The van der Waals surface area contributed by atoms with Crippen LogP contribution in [0.4, 0.5) is 5.69 Å². The van der Waals surface area contributed by atoms with E-state index >= 15 is 0 Å². The minimum absolute atomic E-state index is 0.0242. The second-order valence-electron chi connectivity index (χ2n) is 10.6. The molecule has 0 amide bonds. The van der Waals surface area contributed by atoms with Crippen LogP contribution in [0.15, 0.2) is 35.9 Å². The van der Waals surface area contributed by atoms with Crippen molar-refractivity contribution < 1.29 is 14.6 Å². The van der Waals surface area contributed by atoms with Gasteiger partial charge in [0.1, 0.15) is 6.61 Å². The van der Waals surface area contributed by atoms with E-state index < -0.39 is 0 Å². The van der Waals surface area contributed by atoms with E-state index in [0.717, 1.165) is 78.5 Å². The Morgan fingerprint density at radius 3 is 2.56 bits per heavy atom. The molecule has 0 radical (unpaired) electrons. The van der Waals surface area contributed by atoms with Crippen molar-refractivity contribution in [1.82, 2.24) is 4.90 Å². The molecule has 36 heavy (non-hydrogen) atoms. The van der Waals surface area contributed by atoms with E-state index in [9.17, 15) is 15.2 Å². The third kappa shape index (κ3) is 3.49. The highest BCUT2D eigenvalue weighted by Crippen LogP contribution is 2.51. The number of nitrogens with zero attached hydrogens (tertiary/aromatic N) is 3. The lowest BCUT2D eigenvalue weighted by Gasteiger charge is -2.44. The Kier molecular flexibility index (Phi) is 5.50. The van der Waals surface area contributed by atoms with Crippen LogP contribution in [0.25, 0.3) is 5.57 Å². The Morgan fingerprint density at radius 1 is 1.11 bits per heavy atom. The topological polar surface area (TPSA) is 76.8 Å². The molecule has 182 valence electrons. The molecule has 0 unspecified atom stereocenters. The fraction of sp³-hybridized carbons (Fsp3) is 0.400. The number of benzene rings is 2. The van der Waals surface area contributed by atoms with Crippen molar-refractivity contribution in [3.63, 3.8) is 0 Å². The number of rotatable bonds is 2. The van der Waals surface area contributed by atoms with Gasteiger partial charge in [0.15, 0.2) is 5.78 Å². The molecule has 2 fully saturated rings. The lowest BCUT2D eigenvalue weighted by atomic mass is 9.68. The minimum atomic E-state index is -0.340. The summed E-state index contributed by atoms with van der Waals surface area (Å²) in [5.74, 6) is 5.96. The van der Waals surface area contributed by atoms with Gasteiger partial charge in [0.2, 0.25) is 0 Å². The van der Waals surface area contributed by atoms with E-state index in [4.69, 9.17) is 4.74 Å². The number of ketones is 1. The number of allylic oxidation sites excluding steroid dienone is 2. The first-order valence-corrected chi connectivity index (χ1v) is 12.6. The van der Waals surface area contributed by atoms with Crippen LogP contribution >= 0.6 is 0 Å². The molecule has 2 aliphatic carbocycles. The lowest BCUT2D eigenvalue weighted by molar-refractivity contribution is -0.0660. The Balaban J connectivity index is 1.41. The number of carbonyl (C=O) groups excluding carboxylic acids is 1. The quantitative estimate of drug-likeness (QED) is 0.668. The first kappa shape index (κ1) is 23.0. The maximum absolute atomic E-state index is 13.9.